The van der Waals surface area contributed by atoms with Gasteiger partial charge in [-0.2, -0.15) is 0 Å². The van der Waals surface area contributed by atoms with Crippen molar-refractivity contribution < 1.29 is 14.3 Å². The lowest BCUT2D eigenvalue weighted by Gasteiger charge is -2.34. The number of likely N-dealkylation sites (N-methyl/N-ethyl adjacent to an activating group) is 1. The molecule has 0 unspecified atom stereocenters. The number of aromatic nitrogens is 1. The minimum atomic E-state index is -0.404. The number of pyridine rings is 1. The fourth-order valence-electron chi connectivity index (χ4n) is 4.26. The van der Waals surface area contributed by atoms with Crippen LogP contribution < -0.4 is 15.2 Å². The van der Waals surface area contributed by atoms with Crippen molar-refractivity contribution in [2.45, 2.75) is 0 Å². The molecule has 0 saturated carbocycles. The fourth-order valence-corrected chi connectivity index (χ4v) is 4.26. The molecular formula is C26H26N4O4. The zero-order chi connectivity index (χ0) is 23.7. The number of benzene rings is 2. The van der Waals surface area contributed by atoms with E-state index >= 15 is 0 Å². The van der Waals surface area contributed by atoms with Crippen LogP contribution in [0, 0.1) is 0 Å². The number of ether oxygens (including phenoxy) is 1. The molecule has 2 N–H and O–H groups in total. The SMILES string of the molecule is COc1cc2c(=O)[nH]c(O)c(C=Nc3ccc(N4CCN(C)CC4)cc3)c2cc1-c1ccoc1. The average molecular weight is 459 g/mol. The van der Waals surface area contributed by atoms with Crippen molar-refractivity contribution >= 4 is 28.4 Å². The highest BCUT2D eigenvalue weighted by Gasteiger charge is 2.16. The van der Waals surface area contributed by atoms with E-state index < -0.39 is 5.56 Å². The van der Waals surface area contributed by atoms with Gasteiger partial charge in [-0.05, 0) is 49.5 Å². The third kappa shape index (κ3) is 4.15. The van der Waals surface area contributed by atoms with E-state index in [9.17, 15) is 9.90 Å². The second-order valence-electron chi connectivity index (χ2n) is 8.39. The normalized spacial score (nSPS) is 14.8. The van der Waals surface area contributed by atoms with Gasteiger partial charge in [0.05, 0.1) is 36.3 Å². The Morgan fingerprint density at radius 2 is 1.85 bits per heavy atom. The molecule has 1 saturated heterocycles. The van der Waals surface area contributed by atoms with Crippen LogP contribution in [-0.2, 0) is 0 Å². The van der Waals surface area contributed by atoms with Gasteiger partial charge in [0.2, 0.25) is 5.88 Å². The van der Waals surface area contributed by atoms with Crippen LogP contribution in [0.3, 0.4) is 0 Å². The first kappa shape index (κ1) is 21.8. The molecule has 34 heavy (non-hydrogen) atoms. The van der Waals surface area contributed by atoms with E-state index in [1.807, 2.05) is 24.3 Å². The van der Waals surface area contributed by atoms with Crippen LogP contribution in [0.4, 0.5) is 11.4 Å². The lowest BCUT2D eigenvalue weighted by Crippen LogP contribution is -2.44. The molecule has 0 atom stereocenters. The van der Waals surface area contributed by atoms with E-state index in [2.05, 4.69) is 39.0 Å². The molecule has 0 aliphatic carbocycles. The van der Waals surface area contributed by atoms with E-state index in [-0.39, 0.29) is 5.88 Å². The molecule has 0 radical (unpaired) electrons. The summed E-state index contributed by atoms with van der Waals surface area (Å²) in [4.78, 5) is 24.3. The predicted molar refractivity (Wildman–Crippen MR) is 134 cm³/mol. The number of piperazine rings is 1. The van der Waals surface area contributed by atoms with E-state index in [0.29, 0.717) is 22.1 Å². The number of furan rings is 1. The topological polar surface area (TPSA) is 94.3 Å². The molecule has 0 bridgehead atoms. The van der Waals surface area contributed by atoms with Crippen LogP contribution in [0.5, 0.6) is 11.6 Å². The third-order valence-electron chi connectivity index (χ3n) is 6.25. The van der Waals surface area contributed by atoms with Gasteiger partial charge in [0.25, 0.3) is 5.56 Å². The Balaban J connectivity index is 1.51. The standard InChI is InChI=1S/C26H26N4O4/c1-29-8-10-30(11-9-29)19-5-3-18(4-6-19)27-15-23-21-13-20(17-7-12-34-16-17)24(33-2)14-22(21)25(31)28-26(23)32/h3-7,12-16H,8-11H2,1-2H3,(H2,28,31,32). The number of aromatic amines is 1. The summed E-state index contributed by atoms with van der Waals surface area (Å²) >= 11 is 0. The van der Waals surface area contributed by atoms with Crippen molar-refractivity contribution in [1.29, 1.82) is 0 Å². The van der Waals surface area contributed by atoms with Crippen molar-refractivity contribution in [2.24, 2.45) is 4.99 Å². The number of hydrogen-bond acceptors (Lipinski definition) is 7. The van der Waals surface area contributed by atoms with Gasteiger partial charge in [0.1, 0.15) is 5.75 Å². The number of rotatable bonds is 5. The predicted octanol–water partition coefficient (Wildman–Crippen LogP) is 4.00. The maximum atomic E-state index is 12.6. The van der Waals surface area contributed by atoms with E-state index in [1.165, 1.54) is 5.69 Å². The van der Waals surface area contributed by atoms with Crippen molar-refractivity contribution in [2.75, 3.05) is 45.2 Å². The number of H-pyrrole nitrogens is 1. The molecule has 1 fully saturated rings. The quantitative estimate of drug-likeness (QED) is 0.439. The highest BCUT2D eigenvalue weighted by molar-refractivity contribution is 6.04. The van der Waals surface area contributed by atoms with Crippen molar-refractivity contribution in [1.82, 2.24) is 9.88 Å². The molecule has 1 aliphatic heterocycles. The van der Waals surface area contributed by atoms with Gasteiger partial charge in [-0.1, -0.05) is 0 Å². The average Bonchev–Trinajstić information content (AvgIpc) is 3.39. The first-order chi connectivity index (χ1) is 16.5. The van der Waals surface area contributed by atoms with Crippen LogP contribution in [-0.4, -0.2) is 61.5 Å². The number of aromatic hydroxyl groups is 1. The lowest BCUT2D eigenvalue weighted by molar-refractivity contribution is 0.313. The minimum absolute atomic E-state index is 0.237. The maximum Gasteiger partial charge on any atom is 0.258 e. The molecule has 174 valence electrons. The molecule has 8 heteroatoms. The summed E-state index contributed by atoms with van der Waals surface area (Å²) in [7, 11) is 3.69. The Bertz CT molecular complexity index is 1380. The van der Waals surface area contributed by atoms with E-state index in [4.69, 9.17) is 9.15 Å². The van der Waals surface area contributed by atoms with Gasteiger partial charge in [0, 0.05) is 54.6 Å². The fraction of sp³-hybridized carbons (Fsp3) is 0.231. The molecule has 2 aromatic heterocycles. The minimum Gasteiger partial charge on any atom is -0.496 e. The highest BCUT2D eigenvalue weighted by Crippen LogP contribution is 2.35. The molecule has 8 nitrogen and oxygen atoms in total. The Morgan fingerprint density at radius 3 is 2.53 bits per heavy atom. The van der Waals surface area contributed by atoms with Gasteiger partial charge >= 0.3 is 0 Å². The summed E-state index contributed by atoms with van der Waals surface area (Å²) in [6.45, 7) is 4.09. The second-order valence-corrected chi connectivity index (χ2v) is 8.39. The first-order valence-corrected chi connectivity index (χ1v) is 11.1. The van der Waals surface area contributed by atoms with E-state index in [0.717, 1.165) is 43.0 Å². The van der Waals surface area contributed by atoms with Gasteiger partial charge in [-0.25, -0.2) is 0 Å². The zero-order valence-electron chi connectivity index (χ0n) is 19.1. The number of hydrogen-bond donors (Lipinski definition) is 2. The monoisotopic (exact) mass is 458 g/mol. The molecule has 0 spiro atoms. The number of methoxy groups -OCH3 is 1. The molecule has 3 heterocycles. The summed E-state index contributed by atoms with van der Waals surface area (Å²) in [6.07, 6.45) is 4.75. The number of anilines is 1. The second kappa shape index (κ2) is 9.07. The van der Waals surface area contributed by atoms with Crippen LogP contribution in [0.15, 0.2) is 69.2 Å². The zero-order valence-corrected chi connectivity index (χ0v) is 19.1. The molecule has 0 amide bonds. The van der Waals surface area contributed by atoms with Gasteiger partial charge in [-0.15, -0.1) is 0 Å². The number of nitrogens with one attached hydrogen (secondary N) is 1. The Morgan fingerprint density at radius 1 is 1.09 bits per heavy atom. The number of fused-ring (bicyclic) bond motifs is 1. The Kier molecular flexibility index (Phi) is 5.81. The largest absolute Gasteiger partial charge is 0.496 e. The number of aliphatic imine (C=N–C) groups is 1. The summed E-state index contributed by atoms with van der Waals surface area (Å²) in [5, 5.41) is 11.5. The Hall–Kier alpha value is -4.04. The Labute approximate surface area is 196 Å². The van der Waals surface area contributed by atoms with Gasteiger partial charge in [0.15, 0.2) is 0 Å². The van der Waals surface area contributed by atoms with Crippen molar-refractivity contribution in [3.63, 3.8) is 0 Å². The molecule has 5 rings (SSSR count). The summed E-state index contributed by atoms with van der Waals surface area (Å²) < 4.78 is 10.7. The van der Waals surface area contributed by atoms with Crippen molar-refractivity contribution in [3.05, 3.63) is 70.9 Å². The summed E-state index contributed by atoms with van der Waals surface area (Å²) in [6, 6.07) is 13.3. The van der Waals surface area contributed by atoms with Gasteiger partial charge < -0.3 is 24.1 Å². The molecule has 1 aliphatic rings. The van der Waals surface area contributed by atoms with Gasteiger partial charge in [-0.3, -0.25) is 14.8 Å². The first-order valence-electron chi connectivity index (χ1n) is 11.1. The lowest BCUT2D eigenvalue weighted by atomic mass is 10.00. The third-order valence-corrected chi connectivity index (χ3v) is 6.25. The van der Waals surface area contributed by atoms with Crippen LogP contribution in [0.2, 0.25) is 0 Å². The molecular weight excluding hydrogens is 432 g/mol. The number of nitrogens with zero attached hydrogens (tertiary/aromatic N) is 3. The molecule has 2 aromatic carbocycles. The summed E-state index contributed by atoms with van der Waals surface area (Å²) in [5.74, 6) is 0.297. The maximum absolute atomic E-state index is 12.6. The smallest absolute Gasteiger partial charge is 0.258 e. The van der Waals surface area contributed by atoms with Crippen LogP contribution in [0.25, 0.3) is 21.9 Å². The van der Waals surface area contributed by atoms with Crippen LogP contribution in [0.1, 0.15) is 5.56 Å². The molecule has 4 aromatic rings. The summed E-state index contributed by atoms with van der Waals surface area (Å²) in [5.41, 5.74) is 3.49. The van der Waals surface area contributed by atoms with E-state index in [1.54, 1.807) is 31.9 Å². The highest BCUT2D eigenvalue weighted by atomic mass is 16.5. The van der Waals surface area contributed by atoms with Crippen LogP contribution >= 0.6 is 0 Å². The van der Waals surface area contributed by atoms with Crippen molar-refractivity contribution in [3.8, 4) is 22.8 Å².